The van der Waals surface area contributed by atoms with Crippen LogP contribution in [0.15, 0.2) is 24.3 Å². The maximum Gasteiger partial charge on any atom is 0.254 e. The lowest BCUT2D eigenvalue weighted by Crippen LogP contribution is -2.45. The van der Waals surface area contributed by atoms with Gasteiger partial charge in [-0.05, 0) is 44.0 Å². The van der Waals surface area contributed by atoms with Crippen molar-refractivity contribution in [3.05, 3.63) is 29.8 Å². The van der Waals surface area contributed by atoms with Crippen LogP contribution in [0.1, 0.15) is 30.1 Å². The lowest BCUT2D eigenvalue weighted by molar-refractivity contribution is -0.132. The van der Waals surface area contributed by atoms with Crippen molar-refractivity contribution in [3.8, 4) is 5.75 Å². The monoisotopic (exact) mass is 290 g/mol. The Morgan fingerprint density at radius 3 is 2.52 bits per heavy atom. The van der Waals surface area contributed by atoms with E-state index in [1.54, 1.807) is 48.2 Å². The number of carbonyl (C=O) groups excluding carboxylic acids is 2. The van der Waals surface area contributed by atoms with Gasteiger partial charge in [0.2, 0.25) is 5.91 Å². The first kappa shape index (κ1) is 15.4. The van der Waals surface area contributed by atoms with Gasteiger partial charge in [-0.1, -0.05) is 0 Å². The lowest BCUT2D eigenvalue weighted by Gasteiger charge is -2.26. The van der Waals surface area contributed by atoms with Crippen molar-refractivity contribution < 1.29 is 14.3 Å². The van der Waals surface area contributed by atoms with Gasteiger partial charge in [0.1, 0.15) is 11.8 Å². The van der Waals surface area contributed by atoms with E-state index in [1.165, 1.54) is 0 Å². The molecule has 1 aliphatic heterocycles. The average molecular weight is 290 g/mol. The molecular formula is C16H22N2O3. The molecule has 1 unspecified atom stereocenters. The summed E-state index contributed by atoms with van der Waals surface area (Å²) in [6.07, 6.45) is 1.60. The highest BCUT2D eigenvalue weighted by atomic mass is 16.5. The molecule has 1 aromatic carbocycles. The normalized spacial score (nSPS) is 17.7. The van der Waals surface area contributed by atoms with Gasteiger partial charge < -0.3 is 14.5 Å². The minimum atomic E-state index is -0.334. The molecule has 1 aliphatic rings. The van der Waals surface area contributed by atoms with E-state index in [4.69, 9.17) is 4.74 Å². The van der Waals surface area contributed by atoms with Crippen molar-refractivity contribution in [2.75, 3.05) is 27.2 Å². The van der Waals surface area contributed by atoms with E-state index in [9.17, 15) is 9.59 Å². The molecule has 114 valence electrons. The minimum Gasteiger partial charge on any atom is -0.494 e. The molecular weight excluding hydrogens is 268 g/mol. The molecule has 1 saturated heterocycles. The van der Waals surface area contributed by atoms with Crippen LogP contribution in [0.5, 0.6) is 5.75 Å². The molecule has 1 aromatic rings. The highest BCUT2D eigenvalue weighted by Gasteiger charge is 2.35. The Hall–Kier alpha value is -2.04. The van der Waals surface area contributed by atoms with Crippen molar-refractivity contribution in [1.82, 2.24) is 9.80 Å². The largest absolute Gasteiger partial charge is 0.494 e. The Balaban J connectivity index is 2.13. The first-order valence-electron chi connectivity index (χ1n) is 7.29. The zero-order chi connectivity index (χ0) is 15.4. The van der Waals surface area contributed by atoms with E-state index in [1.807, 2.05) is 6.92 Å². The number of amides is 2. The van der Waals surface area contributed by atoms with Crippen LogP contribution in [0.2, 0.25) is 0 Å². The molecule has 0 radical (unpaired) electrons. The summed E-state index contributed by atoms with van der Waals surface area (Å²) in [6.45, 7) is 3.15. The van der Waals surface area contributed by atoms with Crippen molar-refractivity contribution in [2.45, 2.75) is 25.8 Å². The molecule has 5 nitrogen and oxygen atoms in total. The maximum atomic E-state index is 12.6. The van der Waals surface area contributed by atoms with Gasteiger partial charge in [-0.3, -0.25) is 9.59 Å². The van der Waals surface area contributed by atoms with Gasteiger partial charge in [0.15, 0.2) is 0 Å². The summed E-state index contributed by atoms with van der Waals surface area (Å²) in [4.78, 5) is 27.9. The van der Waals surface area contributed by atoms with E-state index in [0.717, 1.165) is 18.6 Å². The fraction of sp³-hybridized carbons (Fsp3) is 0.500. The fourth-order valence-corrected chi connectivity index (χ4v) is 2.59. The molecule has 1 heterocycles. The molecule has 0 aliphatic carbocycles. The second kappa shape index (κ2) is 6.61. The van der Waals surface area contributed by atoms with Gasteiger partial charge in [-0.15, -0.1) is 0 Å². The number of nitrogens with zero attached hydrogens (tertiary/aromatic N) is 2. The second-order valence-corrected chi connectivity index (χ2v) is 5.35. The Morgan fingerprint density at radius 1 is 1.29 bits per heavy atom. The third-order valence-electron chi connectivity index (χ3n) is 3.65. The van der Waals surface area contributed by atoms with Crippen LogP contribution >= 0.6 is 0 Å². The van der Waals surface area contributed by atoms with E-state index in [2.05, 4.69) is 0 Å². The molecule has 0 saturated carbocycles. The quantitative estimate of drug-likeness (QED) is 0.849. The van der Waals surface area contributed by atoms with Gasteiger partial charge in [0, 0.05) is 26.2 Å². The maximum absolute atomic E-state index is 12.6. The highest BCUT2D eigenvalue weighted by Crippen LogP contribution is 2.22. The second-order valence-electron chi connectivity index (χ2n) is 5.35. The third kappa shape index (κ3) is 3.35. The summed E-state index contributed by atoms with van der Waals surface area (Å²) < 4.78 is 5.37. The molecule has 0 N–H and O–H groups in total. The Morgan fingerprint density at radius 2 is 1.95 bits per heavy atom. The number of ether oxygens (including phenoxy) is 1. The van der Waals surface area contributed by atoms with Crippen LogP contribution < -0.4 is 4.74 Å². The fourth-order valence-electron chi connectivity index (χ4n) is 2.59. The summed E-state index contributed by atoms with van der Waals surface area (Å²) in [5, 5.41) is 0. The van der Waals surface area contributed by atoms with Crippen molar-refractivity contribution >= 4 is 11.8 Å². The predicted molar refractivity (Wildman–Crippen MR) is 80.4 cm³/mol. The number of benzene rings is 1. The zero-order valence-electron chi connectivity index (χ0n) is 12.8. The summed E-state index contributed by atoms with van der Waals surface area (Å²) >= 11 is 0. The van der Waals surface area contributed by atoms with Crippen LogP contribution in [0, 0.1) is 0 Å². The number of hydrogen-bond acceptors (Lipinski definition) is 3. The van der Waals surface area contributed by atoms with Crippen molar-refractivity contribution in [3.63, 3.8) is 0 Å². The Bertz CT molecular complexity index is 511. The predicted octanol–water partition coefficient (Wildman–Crippen LogP) is 1.78. The van der Waals surface area contributed by atoms with Gasteiger partial charge >= 0.3 is 0 Å². The number of likely N-dealkylation sites (tertiary alicyclic amines) is 1. The van der Waals surface area contributed by atoms with E-state index >= 15 is 0 Å². The molecule has 1 atom stereocenters. The van der Waals surface area contributed by atoms with Crippen LogP contribution in [0.3, 0.4) is 0 Å². The van der Waals surface area contributed by atoms with Gasteiger partial charge in [0.25, 0.3) is 5.91 Å². The topological polar surface area (TPSA) is 49.9 Å². The molecule has 1 fully saturated rings. The van der Waals surface area contributed by atoms with Gasteiger partial charge in [0.05, 0.1) is 6.61 Å². The summed E-state index contributed by atoms with van der Waals surface area (Å²) in [6, 6.07) is 6.75. The van der Waals surface area contributed by atoms with Gasteiger partial charge in [-0.2, -0.15) is 0 Å². The minimum absolute atomic E-state index is 0.00761. The van der Waals surface area contributed by atoms with Crippen LogP contribution in [-0.2, 0) is 4.79 Å². The number of carbonyl (C=O) groups is 2. The molecule has 0 aromatic heterocycles. The molecule has 5 heteroatoms. The molecule has 2 amide bonds. The summed E-state index contributed by atoms with van der Waals surface area (Å²) in [7, 11) is 3.44. The van der Waals surface area contributed by atoms with E-state index in [-0.39, 0.29) is 17.9 Å². The van der Waals surface area contributed by atoms with Crippen LogP contribution in [0.25, 0.3) is 0 Å². The third-order valence-corrected chi connectivity index (χ3v) is 3.65. The summed E-state index contributed by atoms with van der Waals surface area (Å²) in [5.41, 5.74) is 0.594. The van der Waals surface area contributed by atoms with Crippen molar-refractivity contribution in [1.29, 1.82) is 0 Å². The van der Waals surface area contributed by atoms with E-state index in [0.29, 0.717) is 18.7 Å². The zero-order valence-corrected chi connectivity index (χ0v) is 12.8. The van der Waals surface area contributed by atoms with Gasteiger partial charge in [-0.25, -0.2) is 0 Å². The Kier molecular flexibility index (Phi) is 4.83. The number of hydrogen-bond donors (Lipinski definition) is 0. The number of rotatable bonds is 4. The standard InChI is InChI=1S/C16H22N2O3/c1-4-21-13-9-7-12(8-10-13)15(19)18-11-5-6-14(18)16(20)17(2)3/h7-10,14H,4-6,11H2,1-3H3. The molecule has 21 heavy (non-hydrogen) atoms. The SMILES string of the molecule is CCOc1ccc(C(=O)N2CCCC2C(=O)N(C)C)cc1. The summed E-state index contributed by atoms with van der Waals surface area (Å²) in [5.74, 6) is 0.652. The van der Waals surface area contributed by atoms with Crippen LogP contribution in [0.4, 0.5) is 0 Å². The molecule has 2 rings (SSSR count). The molecule has 0 spiro atoms. The van der Waals surface area contributed by atoms with Crippen LogP contribution in [-0.4, -0.2) is 54.9 Å². The first-order valence-corrected chi connectivity index (χ1v) is 7.29. The smallest absolute Gasteiger partial charge is 0.254 e. The average Bonchev–Trinajstić information content (AvgIpc) is 2.96. The highest BCUT2D eigenvalue weighted by molar-refractivity contribution is 5.98. The lowest BCUT2D eigenvalue weighted by atomic mass is 10.1. The first-order chi connectivity index (χ1) is 10.0. The van der Waals surface area contributed by atoms with Crippen molar-refractivity contribution in [2.24, 2.45) is 0 Å². The van der Waals surface area contributed by atoms with E-state index < -0.39 is 0 Å². The molecule has 0 bridgehead atoms. The Labute approximate surface area is 125 Å². The number of likely N-dealkylation sites (N-methyl/N-ethyl adjacent to an activating group) is 1.